The van der Waals surface area contributed by atoms with Crippen molar-refractivity contribution in [2.75, 3.05) is 60.6 Å². The Balaban J connectivity index is 1.63. The standard InChI is InChI=1S/C27H25ClF2N6O2/c1-2-35-26-21(12-18(28)16-32-26)20-4-3-17(15-31)11-24(20)36(27(35)38)25-22(29)13-19(14-23(25)30)34-7-5-33(6-8-34)9-10-37/h3-4,11-14,16,37H,2,5-10H2,1H3. The molecule has 1 fully saturated rings. The molecule has 1 N–H and O–H groups in total. The number of amides is 2. The van der Waals surface area contributed by atoms with Crippen molar-refractivity contribution in [3.05, 3.63) is 64.8 Å². The van der Waals surface area contributed by atoms with E-state index in [9.17, 15) is 10.1 Å². The van der Waals surface area contributed by atoms with Gasteiger partial charge in [0, 0.05) is 62.3 Å². The predicted octanol–water partition coefficient (Wildman–Crippen LogP) is 4.76. The van der Waals surface area contributed by atoms with Crippen LogP contribution in [0.15, 0.2) is 42.6 Å². The predicted molar refractivity (Wildman–Crippen MR) is 142 cm³/mol. The zero-order chi connectivity index (χ0) is 27.0. The molecule has 0 spiro atoms. The van der Waals surface area contributed by atoms with Crippen molar-refractivity contribution in [3.8, 4) is 17.2 Å². The molecule has 38 heavy (non-hydrogen) atoms. The number of anilines is 4. The number of carbonyl (C=O) groups excluding carboxylic acids is 1. The second-order valence-corrected chi connectivity index (χ2v) is 9.48. The summed E-state index contributed by atoms with van der Waals surface area (Å²) in [6, 6.07) is 10.0. The van der Waals surface area contributed by atoms with E-state index in [0.29, 0.717) is 60.4 Å². The monoisotopic (exact) mass is 538 g/mol. The molecule has 8 nitrogen and oxygen atoms in total. The summed E-state index contributed by atoms with van der Waals surface area (Å²) >= 11 is 6.23. The van der Waals surface area contributed by atoms with Crippen LogP contribution >= 0.6 is 11.6 Å². The van der Waals surface area contributed by atoms with E-state index in [4.69, 9.17) is 16.7 Å². The lowest BCUT2D eigenvalue weighted by molar-refractivity contribution is 0.188. The van der Waals surface area contributed by atoms with E-state index in [1.165, 1.54) is 29.3 Å². The van der Waals surface area contributed by atoms with Crippen LogP contribution in [0.1, 0.15) is 12.5 Å². The molecule has 0 atom stereocenters. The molecular formula is C27H25ClF2N6O2. The first kappa shape index (κ1) is 25.9. The Hall–Kier alpha value is -3.78. The molecule has 11 heteroatoms. The summed E-state index contributed by atoms with van der Waals surface area (Å²) in [7, 11) is 0. The molecule has 0 saturated carbocycles. The average molecular weight is 539 g/mol. The number of urea groups is 1. The van der Waals surface area contributed by atoms with Gasteiger partial charge < -0.3 is 10.0 Å². The topological polar surface area (TPSA) is 86.9 Å². The Labute approximate surface area is 223 Å². The molecule has 0 unspecified atom stereocenters. The minimum atomic E-state index is -0.910. The first-order valence-electron chi connectivity index (χ1n) is 12.2. The second-order valence-electron chi connectivity index (χ2n) is 9.04. The number of fused-ring (bicyclic) bond motifs is 3. The minimum Gasteiger partial charge on any atom is -0.395 e. The first-order chi connectivity index (χ1) is 18.4. The molecule has 5 rings (SSSR count). The fraction of sp³-hybridized carbons (Fsp3) is 0.296. The van der Waals surface area contributed by atoms with Crippen LogP contribution in [0.25, 0.3) is 11.1 Å². The van der Waals surface area contributed by atoms with E-state index in [2.05, 4.69) is 9.88 Å². The van der Waals surface area contributed by atoms with Gasteiger partial charge in [0.25, 0.3) is 0 Å². The Morgan fingerprint density at radius 1 is 1.08 bits per heavy atom. The zero-order valence-electron chi connectivity index (χ0n) is 20.7. The molecule has 2 aromatic carbocycles. The Morgan fingerprint density at radius 3 is 2.42 bits per heavy atom. The van der Waals surface area contributed by atoms with E-state index in [1.807, 2.05) is 11.0 Å². The van der Waals surface area contributed by atoms with Crippen LogP contribution in [-0.4, -0.2) is 66.9 Å². The summed E-state index contributed by atoms with van der Waals surface area (Å²) in [5, 5.41) is 19.0. The number of nitriles is 1. The number of aliphatic hydroxyl groups is 1. The van der Waals surface area contributed by atoms with Gasteiger partial charge in [-0.3, -0.25) is 14.7 Å². The Morgan fingerprint density at radius 2 is 1.79 bits per heavy atom. The highest BCUT2D eigenvalue weighted by Gasteiger charge is 2.36. The average Bonchev–Trinajstić information content (AvgIpc) is 3.01. The number of aliphatic hydroxyl groups excluding tert-OH is 1. The maximum absolute atomic E-state index is 15.8. The van der Waals surface area contributed by atoms with Crippen LogP contribution in [0.3, 0.4) is 0 Å². The summed E-state index contributed by atoms with van der Waals surface area (Å²) in [5.74, 6) is -1.52. The number of rotatable bonds is 5. The molecule has 2 aliphatic rings. The number of benzene rings is 2. The molecule has 0 radical (unpaired) electrons. The number of halogens is 3. The highest BCUT2D eigenvalue weighted by Crippen LogP contribution is 2.46. The maximum atomic E-state index is 15.8. The third kappa shape index (κ3) is 4.53. The van der Waals surface area contributed by atoms with Crippen molar-refractivity contribution < 1.29 is 18.7 Å². The SMILES string of the molecule is CCN1C(=O)N(c2c(F)cc(N3CCN(CCO)CC3)cc2F)c2cc(C#N)ccc2-c2cc(Cl)cnc21. The van der Waals surface area contributed by atoms with Crippen molar-refractivity contribution in [1.29, 1.82) is 5.26 Å². The molecule has 3 aromatic rings. The number of aromatic nitrogens is 1. The van der Waals surface area contributed by atoms with Gasteiger partial charge in [-0.1, -0.05) is 17.7 Å². The van der Waals surface area contributed by atoms with Gasteiger partial charge in [-0.25, -0.2) is 18.6 Å². The number of carbonyl (C=O) groups is 1. The minimum absolute atomic E-state index is 0.0528. The van der Waals surface area contributed by atoms with Crippen LogP contribution < -0.4 is 14.7 Å². The maximum Gasteiger partial charge on any atom is 0.334 e. The zero-order valence-corrected chi connectivity index (χ0v) is 21.4. The fourth-order valence-electron chi connectivity index (χ4n) is 4.99. The van der Waals surface area contributed by atoms with Gasteiger partial charge in [-0.15, -0.1) is 0 Å². The molecule has 0 bridgehead atoms. The van der Waals surface area contributed by atoms with Crippen LogP contribution in [-0.2, 0) is 0 Å². The summed E-state index contributed by atoms with van der Waals surface area (Å²) in [4.78, 5) is 24.5. The lowest BCUT2D eigenvalue weighted by atomic mass is 10.0. The Bertz CT molecular complexity index is 1410. The molecule has 0 aliphatic carbocycles. The molecule has 196 valence electrons. The molecule has 2 aliphatic heterocycles. The smallest absolute Gasteiger partial charge is 0.334 e. The van der Waals surface area contributed by atoms with Gasteiger partial charge >= 0.3 is 6.03 Å². The van der Waals surface area contributed by atoms with E-state index in [-0.39, 0.29) is 24.4 Å². The number of β-amino-alcohol motifs (C(OH)–C–C–N with tert-alkyl or cyclic N) is 1. The van der Waals surface area contributed by atoms with Gasteiger partial charge in [-0.2, -0.15) is 5.26 Å². The number of hydrogen-bond donors (Lipinski definition) is 1. The summed E-state index contributed by atoms with van der Waals surface area (Å²) in [6.07, 6.45) is 1.41. The van der Waals surface area contributed by atoms with Crippen molar-refractivity contribution in [1.82, 2.24) is 9.88 Å². The number of piperazine rings is 1. The lowest BCUT2D eigenvalue weighted by Gasteiger charge is -2.36. The molecule has 1 aromatic heterocycles. The Kier molecular flexibility index (Phi) is 7.17. The van der Waals surface area contributed by atoms with Crippen molar-refractivity contribution in [2.24, 2.45) is 0 Å². The first-order valence-corrected chi connectivity index (χ1v) is 12.6. The van der Waals surface area contributed by atoms with Crippen molar-refractivity contribution in [3.63, 3.8) is 0 Å². The number of nitrogens with zero attached hydrogens (tertiary/aromatic N) is 6. The van der Waals surface area contributed by atoms with Gasteiger partial charge in [-0.05, 0) is 37.3 Å². The third-order valence-corrected chi connectivity index (χ3v) is 7.07. The van der Waals surface area contributed by atoms with Gasteiger partial charge in [0.1, 0.15) is 11.5 Å². The normalized spacial score (nSPS) is 15.7. The van der Waals surface area contributed by atoms with Crippen LogP contribution in [0.4, 0.5) is 36.5 Å². The van der Waals surface area contributed by atoms with Crippen molar-refractivity contribution in [2.45, 2.75) is 6.92 Å². The number of hydrogen-bond acceptors (Lipinski definition) is 6. The molecule has 1 saturated heterocycles. The largest absolute Gasteiger partial charge is 0.395 e. The summed E-state index contributed by atoms with van der Waals surface area (Å²) in [6.45, 7) is 4.90. The van der Waals surface area contributed by atoms with Crippen molar-refractivity contribution >= 4 is 40.5 Å². The van der Waals surface area contributed by atoms with Crippen LogP contribution in [0.2, 0.25) is 5.02 Å². The highest BCUT2D eigenvalue weighted by molar-refractivity contribution is 6.31. The fourth-order valence-corrected chi connectivity index (χ4v) is 5.15. The number of pyridine rings is 1. The van der Waals surface area contributed by atoms with Gasteiger partial charge in [0.2, 0.25) is 0 Å². The second kappa shape index (κ2) is 10.5. The summed E-state index contributed by atoms with van der Waals surface area (Å²) < 4.78 is 31.7. The van der Waals surface area contributed by atoms with Gasteiger partial charge in [0.15, 0.2) is 11.6 Å². The lowest BCUT2D eigenvalue weighted by Crippen LogP contribution is -2.47. The third-order valence-electron chi connectivity index (χ3n) is 6.86. The van der Waals surface area contributed by atoms with Crippen LogP contribution in [0.5, 0.6) is 0 Å². The van der Waals surface area contributed by atoms with Gasteiger partial charge in [0.05, 0.1) is 28.9 Å². The molecule has 2 amide bonds. The van der Waals surface area contributed by atoms with Crippen LogP contribution in [0, 0.1) is 23.0 Å². The summed E-state index contributed by atoms with van der Waals surface area (Å²) in [5.41, 5.74) is 1.17. The molecular weight excluding hydrogens is 514 g/mol. The van der Waals surface area contributed by atoms with E-state index in [0.717, 1.165) is 4.90 Å². The quantitative estimate of drug-likeness (QED) is 0.504. The highest BCUT2D eigenvalue weighted by atomic mass is 35.5. The van der Waals surface area contributed by atoms with E-state index < -0.39 is 23.4 Å². The molecule has 3 heterocycles. The van der Waals surface area contributed by atoms with E-state index in [1.54, 1.807) is 25.1 Å². The van der Waals surface area contributed by atoms with E-state index >= 15 is 8.78 Å².